The fourth-order valence-electron chi connectivity index (χ4n) is 3.72. The van der Waals surface area contributed by atoms with Gasteiger partial charge in [-0.1, -0.05) is 27.7 Å². The Morgan fingerprint density at radius 2 is 0.741 bits per heavy atom. The number of rotatable bonds is 8. The molecule has 19 nitrogen and oxygen atoms in total. The molecule has 6 heterocycles. The summed E-state index contributed by atoms with van der Waals surface area (Å²) < 4.78 is 75.0. The molecule has 0 aromatic carbocycles. The molecule has 0 spiro atoms. The van der Waals surface area contributed by atoms with Gasteiger partial charge in [0.2, 0.25) is 0 Å². The van der Waals surface area contributed by atoms with Crippen LogP contribution in [0.25, 0.3) is 23.3 Å². The zero-order valence-electron chi connectivity index (χ0n) is 29.0. The molecule has 0 fully saturated rings. The molecular weight excluding hydrogens is 833 g/mol. The summed E-state index contributed by atoms with van der Waals surface area (Å²) in [5.74, 6) is 3.19. The maximum absolute atomic E-state index is 8.49. The Balaban J connectivity index is 0.000000404. The van der Waals surface area contributed by atoms with Gasteiger partial charge in [0, 0.05) is 76.8 Å². The molecule has 0 amide bonds. The molecule has 0 unspecified atom stereocenters. The van der Waals surface area contributed by atoms with Crippen molar-refractivity contribution >= 4 is 23.5 Å². The van der Waals surface area contributed by atoms with Crippen molar-refractivity contribution in [3.63, 3.8) is 0 Å². The van der Waals surface area contributed by atoms with E-state index in [-0.39, 0.29) is 17.1 Å². The molecule has 0 radical (unpaired) electrons. The van der Waals surface area contributed by atoms with E-state index < -0.39 is 20.5 Å². The number of hydrogen-bond donors (Lipinski definition) is 0. The Kier molecular flexibility index (Phi) is 21.2. The molecule has 54 heavy (non-hydrogen) atoms. The smallest absolute Gasteiger partial charge is 0.223 e. The molecule has 0 bridgehead atoms. The first-order valence-electron chi connectivity index (χ1n) is 14.8. The van der Waals surface area contributed by atoms with Gasteiger partial charge in [-0.3, -0.25) is 0 Å². The maximum atomic E-state index is 8.49. The molecule has 290 valence electrons. The third-order valence-electron chi connectivity index (χ3n) is 5.24. The topological polar surface area (TPSA) is 305 Å². The minimum Gasteiger partial charge on any atom is -0.223 e. The first kappa shape index (κ1) is 48.1. The van der Waals surface area contributed by atoms with E-state index in [1.165, 1.54) is 6.92 Å². The quantitative estimate of drug-likeness (QED) is 0.108. The van der Waals surface area contributed by atoms with E-state index in [9.17, 15) is 0 Å². The van der Waals surface area contributed by atoms with Crippen LogP contribution >= 0.6 is 23.5 Å². The van der Waals surface area contributed by atoms with E-state index in [1.807, 2.05) is 73.3 Å². The van der Waals surface area contributed by atoms with Crippen molar-refractivity contribution < 1.29 is 74.8 Å². The van der Waals surface area contributed by atoms with Crippen molar-refractivity contribution in [2.75, 3.05) is 0 Å². The normalized spacial score (nSPS) is 10.6. The number of pyridine rings is 2. The van der Waals surface area contributed by atoms with Gasteiger partial charge in [-0.2, -0.15) is 25.7 Å². The summed E-state index contributed by atoms with van der Waals surface area (Å²) in [5, 5.41) is 25.3. The summed E-state index contributed by atoms with van der Waals surface area (Å²) in [7, 11) is -9.89. The minimum atomic E-state index is -4.94. The van der Waals surface area contributed by atoms with Gasteiger partial charge < -0.3 is 0 Å². The average molecular weight is 867 g/mol. The summed E-state index contributed by atoms with van der Waals surface area (Å²) in [4.78, 5) is 11.5. The van der Waals surface area contributed by atoms with Gasteiger partial charge in [0.1, 0.15) is 0 Å². The number of aromatic nitrogens is 10. The molecule has 24 heteroatoms. The monoisotopic (exact) mass is 865 g/mol. The van der Waals surface area contributed by atoms with Crippen LogP contribution in [0.3, 0.4) is 0 Å². The molecular formula is C30H33Cl2FeN11O8S2. The van der Waals surface area contributed by atoms with Gasteiger partial charge in [0.05, 0.1) is 6.07 Å². The maximum Gasteiger partial charge on any atom is 2.00 e. The minimum absolute atomic E-state index is 0. The van der Waals surface area contributed by atoms with Crippen LogP contribution in [0.4, 0.5) is 0 Å². The molecule has 0 saturated carbocycles. The second-order valence-electron chi connectivity index (χ2n) is 10.2. The molecule has 0 atom stereocenters. The van der Waals surface area contributed by atoms with E-state index in [2.05, 4.69) is 58.1 Å². The van der Waals surface area contributed by atoms with Gasteiger partial charge in [0.25, 0.3) is 0 Å². The van der Waals surface area contributed by atoms with E-state index in [4.69, 9.17) is 42.5 Å². The number of halogens is 2. The van der Waals surface area contributed by atoms with Crippen LogP contribution in [0.2, 0.25) is 0 Å². The van der Waals surface area contributed by atoms with Crippen molar-refractivity contribution in [1.82, 2.24) is 49.1 Å². The summed E-state index contributed by atoms with van der Waals surface area (Å²) in [6, 6.07) is 17.5. The fourth-order valence-corrected chi connectivity index (χ4v) is 5.51. The van der Waals surface area contributed by atoms with Gasteiger partial charge >= 0.3 is 17.1 Å². The summed E-state index contributed by atoms with van der Waals surface area (Å²) in [6.45, 7) is 10.1. The van der Waals surface area contributed by atoms with Crippen molar-refractivity contribution in [3.05, 3.63) is 98.1 Å². The number of nitriles is 1. The van der Waals surface area contributed by atoms with E-state index in [1.54, 1.807) is 73.1 Å². The van der Waals surface area contributed by atoms with Crippen LogP contribution in [0.1, 0.15) is 34.6 Å². The van der Waals surface area contributed by atoms with Crippen molar-refractivity contribution in [2.45, 2.75) is 54.9 Å². The predicted octanol–water partition coefficient (Wildman–Crippen LogP) is -3.08. The first-order valence-corrected chi connectivity index (χ1v) is 19.0. The Hall–Kier alpha value is -3.89. The van der Waals surface area contributed by atoms with Gasteiger partial charge in [-0.05, 0) is 48.5 Å². The first-order chi connectivity index (χ1) is 24.9. The zero-order valence-corrected chi connectivity index (χ0v) is 33.3. The van der Waals surface area contributed by atoms with Crippen LogP contribution in [0, 0.1) is 31.8 Å². The number of hydrogen-bond acceptors (Lipinski definition) is 17. The fraction of sp³-hybridized carbons (Fsp3) is 0.233. The Morgan fingerprint density at radius 1 is 0.537 bits per heavy atom. The molecule has 0 N–H and O–H groups in total. The second-order valence-corrected chi connectivity index (χ2v) is 15.0. The van der Waals surface area contributed by atoms with Crippen LogP contribution in [0.15, 0.2) is 108 Å². The van der Waals surface area contributed by atoms with Crippen LogP contribution in [0.5, 0.6) is 0 Å². The summed E-state index contributed by atoms with van der Waals surface area (Å²) >= 11 is 3.60. The van der Waals surface area contributed by atoms with Crippen molar-refractivity contribution in [2.24, 2.45) is 0 Å². The van der Waals surface area contributed by atoms with Gasteiger partial charge in [-0.25, -0.2) is 66.0 Å². The third-order valence-corrected chi connectivity index (χ3v) is 7.20. The second kappa shape index (κ2) is 23.8. The van der Waals surface area contributed by atoms with E-state index in [0.29, 0.717) is 10.5 Å². The van der Waals surface area contributed by atoms with Crippen molar-refractivity contribution in [3.8, 4) is 29.3 Å². The predicted molar refractivity (Wildman–Crippen MR) is 170 cm³/mol. The molecule has 6 aromatic heterocycles. The number of thioether (sulfide) groups is 2. The largest absolute Gasteiger partial charge is 2.00 e. The Labute approximate surface area is 333 Å². The molecule has 6 aromatic rings. The van der Waals surface area contributed by atoms with Crippen molar-refractivity contribution in [1.29, 1.82) is 5.26 Å². The number of nitrogens with zero attached hydrogens (tertiary/aromatic N) is 11. The summed E-state index contributed by atoms with van der Waals surface area (Å²) in [5.41, 5.74) is 0. The SMILES string of the molecule is CC#N.CC(C)Sc1cc(-n2cccn2)nc(-n2cccn2)c1.CC(C)Sc1cc(-n2cccn2)nc(-n2cccn2)c1.[Fe+2].[O-][Cl+3]([O-])([O-])[O-].[O-][Cl+3]([O-])([O-])[O-]. The van der Waals surface area contributed by atoms with Gasteiger partial charge in [0.15, 0.2) is 23.3 Å². The molecule has 0 aliphatic rings. The molecule has 6 rings (SSSR count). The summed E-state index contributed by atoms with van der Waals surface area (Å²) in [6.07, 6.45) is 14.5. The Morgan fingerprint density at radius 3 is 0.889 bits per heavy atom. The average Bonchev–Trinajstić information content (AvgIpc) is 3.87. The molecule has 0 aliphatic heterocycles. The third kappa shape index (κ3) is 20.5. The zero-order chi connectivity index (χ0) is 39.6. The van der Waals surface area contributed by atoms with E-state index >= 15 is 0 Å². The van der Waals surface area contributed by atoms with Gasteiger partial charge in [-0.15, -0.1) is 44.0 Å². The van der Waals surface area contributed by atoms with Crippen LogP contribution in [-0.4, -0.2) is 59.6 Å². The standard InChI is InChI=1S/2C14H15N5S.C2H3N.2ClHO4.Fe/c2*1-11(2)20-12-9-13(18-7-3-5-15-18)17-14(10-12)19-8-4-6-16-19;1-2-3;2*2-1(3,4)5;/h2*3-11H,1-2H3;1H3;2*(H,2,3,4,5);/q;;;;;+2/p-2. The van der Waals surface area contributed by atoms with Crippen LogP contribution in [-0.2, 0) is 17.1 Å². The molecule has 0 saturated heterocycles. The van der Waals surface area contributed by atoms with Crippen LogP contribution < -0.4 is 37.3 Å². The molecule has 0 aliphatic carbocycles. The Bertz CT molecular complexity index is 1670. The van der Waals surface area contributed by atoms with E-state index in [0.717, 1.165) is 33.1 Å².